The fraction of sp³-hybridized carbons (Fsp3) is 0.238. The van der Waals surface area contributed by atoms with Crippen molar-refractivity contribution in [3.63, 3.8) is 0 Å². The van der Waals surface area contributed by atoms with E-state index >= 15 is 0 Å². The zero-order chi connectivity index (χ0) is 34.9. The van der Waals surface area contributed by atoms with E-state index < -0.39 is 0 Å². The second-order valence-electron chi connectivity index (χ2n) is 12.5. The lowest BCUT2D eigenvalue weighted by atomic mass is 10.1. The van der Waals surface area contributed by atoms with Gasteiger partial charge in [0, 0.05) is 124 Å². The number of nitrogens with zero attached hydrogens (tertiary/aromatic N) is 7. The molecule has 51 heavy (non-hydrogen) atoms. The first-order valence-electron chi connectivity index (χ1n) is 17.6. The van der Waals surface area contributed by atoms with Gasteiger partial charge in [-0.1, -0.05) is 42.5 Å². The normalized spacial score (nSPS) is 11.2. The van der Waals surface area contributed by atoms with Gasteiger partial charge in [-0.05, 0) is 72.3 Å². The highest BCUT2D eigenvalue weighted by Gasteiger charge is 2.15. The number of para-hydroxylation sites is 1. The first-order valence-corrected chi connectivity index (χ1v) is 17.6. The summed E-state index contributed by atoms with van der Waals surface area (Å²) >= 11 is 0. The summed E-state index contributed by atoms with van der Waals surface area (Å²) in [5.74, 6) is -0.183. The number of pyridine rings is 5. The van der Waals surface area contributed by atoms with E-state index in [1.807, 2.05) is 104 Å². The van der Waals surface area contributed by atoms with E-state index in [-0.39, 0.29) is 5.91 Å². The summed E-state index contributed by atoms with van der Waals surface area (Å²) in [6, 6.07) is 35.9. The number of hydrogen-bond donors (Lipinski definition) is 1. The summed E-state index contributed by atoms with van der Waals surface area (Å²) in [7, 11) is 0. The molecule has 0 fully saturated rings. The van der Waals surface area contributed by atoms with E-state index in [4.69, 9.17) is 4.98 Å². The van der Waals surface area contributed by atoms with Gasteiger partial charge < -0.3 is 5.32 Å². The molecule has 5 heterocycles. The molecule has 9 nitrogen and oxygen atoms in total. The highest BCUT2D eigenvalue weighted by atomic mass is 16.1. The molecular formula is C42H44N8O. The molecule has 5 aromatic heterocycles. The Morgan fingerprint density at radius 3 is 1.35 bits per heavy atom. The number of carbonyl (C=O) groups excluding carboxylic acids is 1. The minimum Gasteiger partial charge on any atom is -0.322 e. The van der Waals surface area contributed by atoms with Crippen molar-refractivity contribution in [2.24, 2.45) is 0 Å². The molecule has 1 amide bonds. The summed E-state index contributed by atoms with van der Waals surface area (Å²) in [6.07, 6.45) is 12.4. The van der Waals surface area contributed by atoms with E-state index in [0.717, 1.165) is 91.6 Å². The Morgan fingerprint density at radius 2 is 0.922 bits per heavy atom. The maximum absolute atomic E-state index is 13.5. The van der Waals surface area contributed by atoms with E-state index in [1.54, 1.807) is 6.20 Å². The topological polar surface area (TPSA) is 100 Å². The fourth-order valence-electron chi connectivity index (χ4n) is 5.91. The number of benzene rings is 1. The van der Waals surface area contributed by atoms with Crippen LogP contribution in [0.1, 0.15) is 44.4 Å². The van der Waals surface area contributed by atoms with Crippen LogP contribution in [0.2, 0.25) is 0 Å². The summed E-state index contributed by atoms with van der Waals surface area (Å²) in [5, 5.41) is 3.16. The molecule has 1 aromatic carbocycles. The molecule has 258 valence electrons. The zero-order valence-electron chi connectivity index (χ0n) is 28.9. The molecule has 0 bridgehead atoms. The number of amides is 1. The van der Waals surface area contributed by atoms with Gasteiger partial charge in [0.15, 0.2) is 0 Å². The van der Waals surface area contributed by atoms with Crippen molar-refractivity contribution in [3.8, 4) is 0 Å². The Bertz CT molecular complexity index is 1810. The van der Waals surface area contributed by atoms with Crippen LogP contribution in [0.5, 0.6) is 0 Å². The summed E-state index contributed by atoms with van der Waals surface area (Å²) in [5.41, 5.74) is 7.51. The standard InChI is InChI=1S/C42H44N8O/c51-42(34-17-18-40(47-31-34)33-50(29-21-38-14-5-9-25-45-38)30-22-39-15-6-10-26-46-39)48-41-16-2-1-11-35(41)32-49(27-19-36-12-3-7-23-43-36)28-20-37-13-4-8-24-44-37/h1-18,23-26,31H,19-22,27-30,32-33H2,(H,48,51). The summed E-state index contributed by atoms with van der Waals surface area (Å²) in [6.45, 7) is 4.68. The van der Waals surface area contributed by atoms with Crippen LogP contribution in [0.3, 0.4) is 0 Å². The molecule has 6 aromatic rings. The maximum Gasteiger partial charge on any atom is 0.257 e. The second-order valence-corrected chi connectivity index (χ2v) is 12.5. The van der Waals surface area contributed by atoms with Crippen molar-refractivity contribution in [2.45, 2.75) is 38.8 Å². The van der Waals surface area contributed by atoms with Gasteiger partial charge in [0.1, 0.15) is 0 Å². The zero-order valence-corrected chi connectivity index (χ0v) is 28.9. The van der Waals surface area contributed by atoms with Gasteiger partial charge in [-0.15, -0.1) is 0 Å². The van der Waals surface area contributed by atoms with Crippen molar-refractivity contribution in [1.29, 1.82) is 0 Å². The van der Waals surface area contributed by atoms with Crippen LogP contribution in [0, 0.1) is 0 Å². The molecule has 0 saturated heterocycles. The van der Waals surface area contributed by atoms with Crippen LogP contribution < -0.4 is 5.32 Å². The Morgan fingerprint density at radius 1 is 0.471 bits per heavy atom. The summed E-state index contributed by atoms with van der Waals surface area (Å²) in [4.78, 5) is 41.0. The van der Waals surface area contributed by atoms with Crippen LogP contribution in [-0.2, 0) is 38.8 Å². The van der Waals surface area contributed by atoms with E-state index in [2.05, 4.69) is 65.4 Å². The molecular weight excluding hydrogens is 633 g/mol. The van der Waals surface area contributed by atoms with Gasteiger partial charge >= 0.3 is 0 Å². The number of anilines is 1. The summed E-state index contributed by atoms with van der Waals surface area (Å²) < 4.78 is 0. The third-order valence-corrected chi connectivity index (χ3v) is 8.77. The first-order chi connectivity index (χ1) is 25.2. The van der Waals surface area contributed by atoms with Crippen molar-refractivity contribution >= 4 is 11.6 Å². The van der Waals surface area contributed by atoms with Crippen LogP contribution in [0.4, 0.5) is 5.69 Å². The van der Waals surface area contributed by atoms with Gasteiger partial charge in [0.05, 0.1) is 11.3 Å². The van der Waals surface area contributed by atoms with Crippen molar-refractivity contribution in [3.05, 3.63) is 180 Å². The molecule has 0 aliphatic heterocycles. The molecule has 0 spiro atoms. The van der Waals surface area contributed by atoms with Crippen molar-refractivity contribution in [2.75, 3.05) is 31.5 Å². The average molecular weight is 677 g/mol. The van der Waals surface area contributed by atoms with Crippen LogP contribution in [-0.4, -0.2) is 66.8 Å². The van der Waals surface area contributed by atoms with Gasteiger partial charge in [0.25, 0.3) is 5.91 Å². The molecule has 0 unspecified atom stereocenters. The molecule has 9 heteroatoms. The molecule has 0 aliphatic rings. The first kappa shape index (κ1) is 35.2. The van der Waals surface area contributed by atoms with Crippen molar-refractivity contribution in [1.82, 2.24) is 34.7 Å². The highest BCUT2D eigenvalue weighted by molar-refractivity contribution is 6.04. The number of nitrogens with one attached hydrogen (secondary N) is 1. The predicted molar refractivity (Wildman–Crippen MR) is 201 cm³/mol. The lowest BCUT2D eigenvalue weighted by Crippen LogP contribution is -2.29. The minimum absolute atomic E-state index is 0.183. The molecule has 1 N–H and O–H groups in total. The highest BCUT2D eigenvalue weighted by Crippen LogP contribution is 2.19. The second kappa shape index (κ2) is 18.9. The molecule has 0 atom stereocenters. The Balaban J connectivity index is 1.09. The van der Waals surface area contributed by atoms with Gasteiger partial charge in [-0.25, -0.2) is 0 Å². The van der Waals surface area contributed by atoms with Crippen LogP contribution in [0.25, 0.3) is 0 Å². The monoisotopic (exact) mass is 676 g/mol. The van der Waals surface area contributed by atoms with Crippen molar-refractivity contribution < 1.29 is 4.79 Å². The van der Waals surface area contributed by atoms with Crippen LogP contribution >= 0.6 is 0 Å². The van der Waals surface area contributed by atoms with E-state index in [9.17, 15) is 4.79 Å². The molecule has 0 saturated carbocycles. The average Bonchev–Trinajstić information content (AvgIpc) is 3.19. The SMILES string of the molecule is O=C(Nc1ccccc1CN(CCc1ccccn1)CCc1ccccn1)c1ccc(CN(CCc2ccccn2)CCc2ccccn2)nc1. The fourth-order valence-corrected chi connectivity index (χ4v) is 5.91. The molecule has 6 rings (SSSR count). The number of carbonyl (C=O) groups is 1. The van der Waals surface area contributed by atoms with E-state index in [0.29, 0.717) is 18.7 Å². The van der Waals surface area contributed by atoms with E-state index in [1.165, 1.54) is 0 Å². The molecule has 0 aliphatic carbocycles. The predicted octanol–water partition coefficient (Wildman–Crippen LogP) is 6.49. The number of rotatable bonds is 18. The largest absolute Gasteiger partial charge is 0.322 e. The third-order valence-electron chi connectivity index (χ3n) is 8.77. The Labute approximate surface area is 300 Å². The Hall–Kier alpha value is -5.64. The number of aromatic nitrogens is 5. The molecule has 0 radical (unpaired) electrons. The lowest BCUT2D eigenvalue weighted by Gasteiger charge is -2.24. The smallest absolute Gasteiger partial charge is 0.257 e. The Kier molecular flexibility index (Phi) is 13.1. The van der Waals surface area contributed by atoms with Gasteiger partial charge in [0.2, 0.25) is 0 Å². The maximum atomic E-state index is 13.5. The minimum atomic E-state index is -0.183. The lowest BCUT2D eigenvalue weighted by molar-refractivity contribution is 0.102. The van der Waals surface area contributed by atoms with Crippen LogP contribution in [0.15, 0.2) is 140 Å². The number of hydrogen-bond acceptors (Lipinski definition) is 8. The van der Waals surface area contributed by atoms with Gasteiger partial charge in [-0.2, -0.15) is 0 Å². The third kappa shape index (κ3) is 11.5. The quantitative estimate of drug-likeness (QED) is 0.110. The van der Waals surface area contributed by atoms with Gasteiger partial charge in [-0.3, -0.25) is 39.5 Å².